The smallest absolute Gasteiger partial charge is 0.295 e. The molecule has 0 radical (unpaired) electrons. The lowest BCUT2D eigenvalue weighted by atomic mass is 9.91. The van der Waals surface area contributed by atoms with Crippen LogP contribution in [0.4, 0.5) is 0 Å². The molecule has 0 bridgehead atoms. The van der Waals surface area contributed by atoms with Gasteiger partial charge in [0, 0.05) is 24.7 Å². The van der Waals surface area contributed by atoms with Crippen molar-refractivity contribution in [1.29, 1.82) is 0 Å². The molecule has 2 unspecified atom stereocenters. The number of carbonyl (C=O) groups excluding carboxylic acids is 3. The molecule has 1 heterocycles. The predicted octanol–water partition coefficient (Wildman–Crippen LogP) is 6.82. The topological polar surface area (TPSA) is 122 Å². The summed E-state index contributed by atoms with van der Waals surface area (Å²) in [5, 5.41) is 0. The molecule has 55 heavy (non-hydrogen) atoms. The Morgan fingerprint density at radius 2 is 1.18 bits per heavy atom. The highest BCUT2D eigenvalue weighted by Crippen LogP contribution is 2.39. The summed E-state index contributed by atoms with van der Waals surface area (Å²) in [7, 11) is 10.9. The van der Waals surface area contributed by atoms with Crippen LogP contribution in [-0.4, -0.2) is 102 Å². The molecule has 3 aromatic carbocycles. The zero-order valence-electron chi connectivity index (χ0n) is 33.9. The molecule has 0 aliphatic carbocycles. The number of nitrogens with zero attached hydrogens (tertiary/aromatic N) is 2. The van der Waals surface area contributed by atoms with Crippen LogP contribution in [0.5, 0.6) is 40.2 Å². The summed E-state index contributed by atoms with van der Waals surface area (Å²) in [6.45, 7) is 4.77. The Hall–Kier alpha value is -5.13. The van der Waals surface area contributed by atoms with E-state index in [4.69, 9.17) is 33.2 Å². The lowest BCUT2D eigenvalue weighted by molar-refractivity contribution is -0.154. The highest BCUT2D eigenvalue weighted by Gasteiger charge is 2.43. The van der Waals surface area contributed by atoms with Gasteiger partial charge in [0.25, 0.3) is 11.7 Å². The zero-order valence-corrected chi connectivity index (χ0v) is 33.9. The Labute approximate surface area is 325 Å². The van der Waals surface area contributed by atoms with Gasteiger partial charge >= 0.3 is 0 Å². The van der Waals surface area contributed by atoms with E-state index in [1.54, 1.807) is 28.4 Å². The number of Topliss-reactive ketones (excluding diaryl/α,β-unsaturated/α-hetero) is 1. The highest BCUT2D eigenvalue weighted by molar-refractivity contribution is 6.43. The Morgan fingerprint density at radius 3 is 1.62 bits per heavy atom. The van der Waals surface area contributed by atoms with Gasteiger partial charge in [-0.1, -0.05) is 25.5 Å². The molecule has 0 saturated carbocycles. The van der Waals surface area contributed by atoms with E-state index in [1.165, 1.54) is 38.4 Å². The molecule has 0 spiro atoms. The third-order valence-electron chi connectivity index (χ3n) is 10.3. The van der Waals surface area contributed by atoms with Crippen LogP contribution < -0.4 is 33.2 Å². The van der Waals surface area contributed by atoms with E-state index in [1.807, 2.05) is 43.0 Å². The fourth-order valence-electron chi connectivity index (χ4n) is 7.53. The molecule has 300 valence electrons. The largest absolute Gasteiger partial charge is 0.493 e. The van der Waals surface area contributed by atoms with Crippen molar-refractivity contribution in [2.75, 3.05) is 62.9 Å². The Kier molecular flexibility index (Phi) is 15.9. The fraction of sp³-hybridized carbons (Fsp3) is 0.512. The molecule has 1 saturated heterocycles. The minimum Gasteiger partial charge on any atom is -0.493 e. The highest BCUT2D eigenvalue weighted by atomic mass is 16.5. The van der Waals surface area contributed by atoms with Crippen LogP contribution in [0.3, 0.4) is 0 Å². The molecular weight excluding hydrogens is 704 g/mol. The lowest BCUT2D eigenvalue weighted by Gasteiger charge is -2.45. The van der Waals surface area contributed by atoms with Crippen LogP contribution in [0.2, 0.25) is 0 Å². The fourth-order valence-corrected chi connectivity index (χ4v) is 7.53. The lowest BCUT2D eigenvalue weighted by Crippen LogP contribution is -2.64. The van der Waals surface area contributed by atoms with Gasteiger partial charge in [-0.3, -0.25) is 14.4 Å². The monoisotopic (exact) mass is 762 g/mol. The number of aryl methyl sites for hydroxylation is 2. The minimum absolute atomic E-state index is 0.0980. The molecule has 1 aliphatic heterocycles. The Balaban J connectivity index is 1.53. The van der Waals surface area contributed by atoms with Crippen molar-refractivity contribution in [2.45, 2.75) is 77.3 Å². The van der Waals surface area contributed by atoms with Gasteiger partial charge in [-0.2, -0.15) is 0 Å². The first-order valence-corrected chi connectivity index (χ1v) is 18.9. The number of ether oxygens (including phenoxy) is 7. The third kappa shape index (κ3) is 10.3. The van der Waals surface area contributed by atoms with Crippen LogP contribution in [-0.2, 0) is 22.4 Å². The molecule has 4 rings (SSSR count). The molecule has 2 atom stereocenters. The molecule has 1 fully saturated rings. The van der Waals surface area contributed by atoms with E-state index in [0.717, 1.165) is 49.7 Å². The Bertz CT molecular complexity index is 1670. The van der Waals surface area contributed by atoms with E-state index in [-0.39, 0.29) is 34.9 Å². The molecule has 1 aliphatic rings. The quantitative estimate of drug-likeness (QED) is 0.0845. The van der Waals surface area contributed by atoms with Gasteiger partial charge < -0.3 is 43.0 Å². The number of hydrogen-bond acceptors (Lipinski definition) is 10. The van der Waals surface area contributed by atoms with Crippen LogP contribution >= 0.6 is 0 Å². The summed E-state index contributed by atoms with van der Waals surface area (Å²) in [6.07, 6.45) is 6.44. The SMILES string of the molecule is CCCC1C(=O)N(CC(CCCc2ccc(OC)c(OC)c2)CCCc2ccc(OC)c(OC)c2)CC(C)N1C(=O)C(=O)c1cc(OC)c(OC)c(OC)c1. The average molecular weight is 763 g/mol. The number of piperazine rings is 1. The number of hydrogen-bond donors (Lipinski definition) is 0. The van der Waals surface area contributed by atoms with Crippen LogP contribution in [0, 0.1) is 5.92 Å². The van der Waals surface area contributed by atoms with Crippen molar-refractivity contribution >= 4 is 17.6 Å². The van der Waals surface area contributed by atoms with E-state index in [0.29, 0.717) is 54.7 Å². The molecule has 0 N–H and O–H groups in total. The van der Waals surface area contributed by atoms with E-state index in [9.17, 15) is 14.4 Å². The second-order valence-electron chi connectivity index (χ2n) is 13.9. The Morgan fingerprint density at radius 1 is 0.691 bits per heavy atom. The third-order valence-corrected chi connectivity index (χ3v) is 10.3. The second kappa shape index (κ2) is 20.5. The maximum absolute atomic E-state index is 14.3. The molecule has 12 nitrogen and oxygen atoms in total. The summed E-state index contributed by atoms with van der Waals surface area (Å²) < 4.78 is 38.1. The van der Waals surface area contributed by atoms with Crippen LogP contribution in [0.1, 0.15) is 73.9 Å². The van der Waals surface area contributed by atoms with Crippen molar-refractivity contribution in [1.82, 2.24) is 9.80 Å². The molecule has 0 aromatic heterocycles. The van der Waals surface area contributed by atoms with Crippen molar-refractivity contribution in [3.8, 4) is 40.2 Å². The molecule has 3 aromatic rings. The summed E-state index contributed by atoms with van der Waals surface area (Å²) in [4.78, 5) is 45.5. The number of ketones is 1. The number of carbonyl (C=O) groups is 3. The first-order valence-electron chi connectivity index (χ1n) is 18.9. The normalized spacial score (nSPS) is 15.5. The zero-order chi connectivity index (χ0) is 40.1. The molecular formula is C43H58N2O10. The van der Waals surface area contributed by atoms with Crippen molar-refractivity contribution in [3.63, 3.8) is 0 Å². The minimum atomic E-state index is -0.758. The van der Waals surface area contributed by atoms with Crippen molar-refractivity contribution in [3.05, 3.63) is 65.2 Å². The summed E-state index contributed by atoms with van der Waals surface area (Å²) in [5.74, 6) is 2.24. The number of methoxy groups -OCH3 is 7. The number of benzene rings is 3. The summed E-state index contributed by atoms with van der Waals surface area (Å²) >= 11 is 0. The second-order valence-corrected chi connectivity index (χ2v) is 13.9. The van der Waals surface area contributed by atoms with Gasteiger partial charge in [0.15, 0.2) is 34.5 Å². The van der Waals surface area contributed by atoms with Crippen molar-refractivity contribution < 1.29 is 47.5 Å². The average Bonchev–Trinajstić information content (AvgIpc) is 3.21. The van der Waals surface area contributed by atoms with Gasteiger partial charge in [0.1, 0.15) is 6.04 Å². The van der Waals surface area contributed by atoms with Gasteiger partial charge in [-0.05, 0) is 105 Å². The summed E-state index contributed by atoms with van der Waals surface area (Å²) in [5.41, 5.74) is 2.40. The maximum Gasteiger partial charge on any atom is 0.295 e. The number of amides is 2. The number of rotatable bonds is 21. The van der Waals surface area contributed by atoms with Crippen LogP contribution in [0.25, 0.3) is 0 Å². The van der Waals surface area contributed by atoms with E-state index < -0.39 is 17.7 Å². The van der Waals surface area contributed by atoms with Gasteiger partial charge in [-0.25, -0.2) is 0 Å². The van der Waals surface area contributed by atoms with E-state index >= 15 is 0 Å². The standard InChI is InChI=1S/C43H58N2O10/c1-10-13-33-42(47)44(26-28(2)45(33)43(48)40(46)32-24-38(53-7)41(55-9)39(25-32)54-8)27-31(16-11-14-29-18-20-34(49-3)36(22-29)51-5)17-12-15-30-19-21-35(50-4)37(23-30)52-6/h18-25,28,31,33H,10-17,26-27H2,1-9H3. The molecule has 12 heteroatoms. The molecule has 2 amide bonds. The van der Waals surface area contributed by atoms with Crippen LogP contribution in [0.15, 0.2) is 48.5 Å². The predicted molar refractivity (Wildman–Crippen MR) is 210 cm³/mol. The first kappa shape index (κ1) is 42.6. The van der Waals surface area contributed by atoms with Gasteiger partial charge in [0.2, 0.25) is 11.7 Å². The van der Waals surface area contributed by atoms with Crippen molar-refractivity contribution in [2.24, 2.45) is 5.92 Å². The van der Waals surface area contributed by atoms with E-state index in [2.05, 4.69) is 12.1 Å². The van der Waals surface area contributed by atoms with Gasteiger partial charge in [-0.15, -0.1) is 0 Å². The first-order chi connectivity index (χ1) is 26.6. The summed E-state index contributed by atoms with van der Waals surface area (Å²) in [6, 6.07) is 13.8. The van der Waals surface area contributed by atoms with Gasteiger partial charge in [0.05, 0.1) is 49.8 Å². The maximum atomic E-state index is 14.3.